The van der Waals surface area contributed by atoms with Gasteiger partial charge in [-0.2, -0.15) is 0 Å². The van der Waals surface area contributed by atoms with E-state index in [9.17, 15) is 9.59 Å². The van der Waals surface area contributed by atoms with Crippen LogP contribution >= 0.6 is 0 Å². The molecule has 1 aliphatic heterocycles. The fourth-order valence-corrected chi connectivity index (χ4v) is 4.60. The molecule has 3 aromatic carbocycles. The van der Waals surface area contributed by atoms with Crippen molar-refractivity contribution in [2.75, 3.05) is 36.5 Å². The van der Waals surface area contributed by atoms with Gasteiger partial charge in [0.05, 0.1) is 17.3 Å². The van der Waals surface area contributed by atoms with Gasteiger partial charge in [-0.1, -0.05) is 62.4 Å². The SMILES string of the molecule is CC(C)c1ccc(NC(=O)[C@H]2CN(C)C[C@@H]2c2ccc(/C=C/C(=O)Nc3ccccc3N)cc2)cc1. The van der Waals surface area contributed by atoms with Gasteiger partial charge in [0.15, 0.2) is 0 Å². The highest BCUT2D eigenvalue weighted by Gasteiger charge is 2.37. The average molecular weight is 483 g/mol. The number of rotatable bonds is 7. The number of carbonyl (C=O) groups excluding carboxylic acids is 2. The molecule has 0 bridgehead atoms. The minimum absolute atomic E-state index is 0.0440. The van der Waals surface area contributed by atoms with Crippen LogP contribution in [-0.4, -0.2) is 36.9 Å². The minimum atomic E-state index is -0.243. The average Bonchev–Trinajstić information content (AvgIpc) is 3.26. The van der Waals surface area contributed by atoms with Crippen molar-refractivity contribution in [3.05, 3.63) is 95.6 Å². The Hall–Kier alpha value is -3.90. The molecule has 6 heteroatoms. The summed E-state index contributed by atoms with van der Waals surface area (Å²) in [6, 6.07) is 23.3. The van der Waals surface area contributed by atoms with E-state index in [0.717, 1.165) is 23.4 Å². The Labute approximate surface area is 213 Å². The monoisotopic (exact) mass is 482 g/mol. The maximum Gasteiger partial charge on any atom is 0.248 e. The minimum Gasteiger partial charge on any atom is -0.397 e. The molecule has 1 heterocycles. The van der Waals surface area contributed by atoms with Crippen LogP contribution in [0.2, 0.25) is 0 Å². The molecule has 6 nitrogen and oxygen atoms in total. The summed E-state index contributed by atoms with van der Waals surface area (Å²) in [6.45, 7) is 5.85. The third kappa shape index (κ3) is 6.20. The fraction of sp³-hybridized carbons (Fsp3) is 0.267. The number of anilines is 3. The molecule has 3 aromatic rings. The number of nitrogens with zero attached hydrogens (tertiary/aromatic N) is 1. The van der Waals surface area contributed by atoms with Gasteiger partial charge in [-0.3, -0.25) is 9.59 Å². The van der Waals surface area contributed by atoms with Gasteiger partial charge in [0.1, 0.15) is 0 Å². The lowest BCUT2D eigenvalue weighted by Gasteiger charge is -2.19. The number of likely N-dealkylation sites (tertiary alicyclic amines) is 1. The standard InChI is InChI=1S/C30H34N4O2/c1-20(2)22-13-15-24(16-14-22)32-30(36)26-19-34(3)18-25(26)23-11-8-21(9-12-23)10-17-29(35)33-28-7-5-4-6-27(28)31/h4-17,20,25-26H,18-19,31H2,1-3H3,(H,32,36)(H,33,35)/b17-10+/t25-,26+/m1/s1. The second-order valence-corrected chi connectivity index (χ2v) is 9.78. The number of likely N-dealkylation sites (N-methyl/N-ethyl adjacent to an activating group) is 1. The van der Waals surface area contributed by atoms with Gasteiger partial charge in [0, 0.05) is 30.8 Å². The van der Waals surface area contributed by atoms with Gasteiger partial charge in [-0.15, -0.1) is 0 Å². The molecular formula is C30H34N4O2. The Kier molecular flexibility index (Phi) is 7.86. The third-order valence-electron chi connectivity index (χ3n) is 6.69. The first-order valence-electron chi connectivity index (χ1n) is 12.3. The molecule has 4 N–H and O–H groups in total. The second-order valence-electron chi connectivity index (χ2n) is 9.78. The zero-order valence-corrected chi connectivity index (χ0v) is 21.1. The predicted molar refractivity (Wildman–Crippen MR) is 148 cm³/mol. The van der Waals surface area contributed by atoms with Crippen molar-refractivity contribution in [3.63, 3.8) is 0 Å². The third-order valence-corrected chi connectivity index (χ3v) is 6.69. The van der Waals surface area contributed by atoms with Crippen molar-refractivity contribution in [3.8, 4) is 0 Å². The second kappa shape index (κ2) is 11.2. The number of hydrogen-bond donors (Lipinski definition) is 3. The van der Waals surface area contributed by atoms with Gasteiger partial charge in [0.2, 0.25) is 11.8 Å². The summed E-state index contributed by atoms with van der Waals surface area (Å²) >= 11 is 0. The zero-order chi connectivity index (χ0) is 25.7. The Morgan fingerprint density at radius 1 is 0.944 bits per heavy atom. The predicted octanol–water partition coefficient (Wildman–Crippen LogP) is 5.33. The molecule has 2 amide bonds. The van der Waals surface area contributed by atoms with Gasteiger partial charge >= 0.3 is 0 Å². The highest BCUT2D eigenvalue weighted by atomic mass is 16.2. The van der Waals surface area contributed by atoms with Crippen LogP contribution in [0.4, 0.5) is 17.1 Å². The van der Waals surface area contributed by atoms with Crippen LogP contribution in [0.5, 0.6) is 0 Å². The lowest BCUT2D eigenvalue weighted by atomic mass is 9.87. The molecule has 0 saturated carbocycles. The van der Waals surface area contributed by atoms with E-state index < -0.39 is 0 Å². The van der Waals surface area contributed by atoms with Crippen LogP contribution in [0.1, 0.15) is 42.4 Å². The van der Waals surface area contributed by atoms with Crippen LogP contribution in [0, 0.1) is 5.92 Å². The van der Waals surface area contributed by atoms with Crippen molar-refractivity contribution in [2.45, 2.75) is 25.7 Å². The number of nitrogen functional groups attached to an aromatic ring is 1. The molecule has 0 spiro atoms. The van der Waals surface area contributed by atoms with E-state index in [4.69, 9.17) is 5.73 Å². The summed E-state index contributed by atoms with van der Waals surface area (Å²) in [5, 5.41) is 5.90. The Bertz CT molecular complexity index is 1230. The van der Waals surface area contributed by atoms with E-state index in [2.05, 4.69) is 41.5 Å². The molecule has 1 saturated heterocycles. The molecule has 186 valence electrons. The van der Waals surface area contributed by atoms with Crippen molar-refractivity contribution in [1.82, 2.24) is 4.90 Å². The van der Waals surface area contributed by atoms with E-state index in [1.165, 1.54) is 11.6 Å². The lowest BCUT2D eigenvalue weighted by Crippen LogP contribution is -2.28. The summed E-state index contributed by atoms with van der Waals surface area (Å²) < 4.78 is 0. The number of benzene rings is 3. The molecule has 0 aromatic heterocycles. The normalized spacial score (nSPS) is 18.0. The van der Waals surface area contributed by atoms with Gasteiger partial charge < -0.3 is 21.3 Å². The van der Waals surface area contributed by atoms with Crippen LogP contribution in [0.3, 0.4) is 0 Å². The van der Waals surface area contributed by atoms with E-state index in [0.29, 0.717) is 23.8 Å². The van der Waals surface area contributed by atoms with Crippen LogP contribution in [0.15, 0.2) is 78.9 Å². The molecule has 1 fully saturated rings. The fourth-order valence-electron chi connectivity index (χ4n) is 4.60. The molecular weight excluding hydrogens is 448 g/mol. The van der Waals surface area contributed by atoms with E-state index in [-0.39, 0.29) is 23.7 Å². The van der Waals surface area contributed by atoms with Crippen LogP contribution in [0.25, 0.3) is 6.08 Å². The molecule has 0 aliphatic carbocycles. The topological polar surface area (TPSA) is 87.5 Å². The van der Waals surface area contributed by atoms with E-state index in [1.807, 2.05) is 55.6 Å². The summed E-state index contributed by atoms with van der Waals surface area (Å²) in [5.41, 5.74) is 11.1. The molecule has 36 heavy (non-hydrogen) atoms. The number of para-hydroxylation sites is 2. The first kappa shape index (κ1) is 25.2. The number of nitrogens with two attached hydrogens (primary N) is 1. The number of nitrogens with one attached hydrogen (secondary N) is 2. The number of amides is 2. The lowest BCUT2D eigenvalue weighted by molar-refractivity contribution is -0.119. The maximum atomic E-state index is 13.2. The van der Waals surface area contributed by atoms with Gasteiger partial charge in [-0.05, 0) is 60.0 Å². The van der Waals surface area contributed by atoms with Gasteiger partial charge in [0.25, 0.3) is 0 Å². The van der Waals surface area contributed by atoms with Crippen molar-refractivity contribution >= 4 is 35.0 Å². The van der Waals surface area contributed by atoms with Crippen LogP contribution in [-0.2, 0) is 9.59 Å². The Balaban J connectivity index is 1.40. The smallest absolute Gasteiger partial charge is 0.248 e. The van der Waals surface area contributed by atoms with Gasteiger partial charge in [-0.25, -0.2) is 0 Å². The van der Waals surface area contributed by atoms with Crippen LogP contribution < -0.4 is 16.4 Å². The molecule has 2 atom stereocenters. The molecule has 0 unspecified atom stereocenters. The van der Waals surface area contributed by atoms with Crippen molar-refractivity contribution in [1.29, 1.82) is 0 Å². The van der Waals surface area contributed by atoms with E-state index >= 15 is 0 Å². The number of hydrogen-bond acceptors (Lipinski definition) is 4. The summed E-state index contributed by atoms with van der Waals surface area (Å²) in [5.74, 6) is 0.225. The Morgan fingerprint density at radius 2 is 1.64 bits per heavy atom. The number of carbonyl (C=O) groups is 2. The van der Waals surface area contributed by atoms with E-state index in [1.54, 1.807) is 18.2 Å². The quantitative estimate of drug-likeness (QED) is 0.314. The highest BCUT2D eigenvalue weighted by Crippen LogP contribution is 2.33. The molecule has 0 radical (unpaired) electrons. The molecule has 1 aliphatic rings. The summed E-state index contributed by atoms with van der Waals surface area (Å²) in [6.07, 6.45) is 3.26. The molecule has 4 rings (SSSR count). The highest BCUT2D eigenvalue weighted by molar-refractivity contribution is 6.03. The zero-order valence-electron chi connectivity index (χ0n) is 21.1. The maximum absolute atomic E-state index is 13.2. The van der Waals surface area contributed by atoms with Crippen molar-refractivity contribution in [2.24, 2.45) is 5.92 Å². The largest absolute Gasteiger partial charge is 0.397 e. The summed E-state index contributed by atoms with van der Waals surface area (Å²) in [4.78, 5) is 27.6. The Morgan fingerprint density at radius 3 is 2.31 bits per heavy atom. The first-order valence-corrected chi connectivity index (χ1v) is 12.3. The first-order chi connectivity index (χ1) is 17.3. The van der Waals surface area contributed by atoms with Crippen molar-refractivity contribution < 1.29 is 9.59 Å². The summed E-state index contributed by atoms with van der Waals surface area (Å²) in [7, 11) is 2.05.